The van der Waals surface area contributed by atoms with Crippen LogP contribution in [-0.2, 0) is 0 Å². The number of benzene rings is 4. The summed E-state index contributed by atoms with van der Waals surface area (Å²) in [7, 11) is 0. The Hall–Kier alpha value is -3.64. The van der Waals surface area contributed by atoms with E-state index in [-0.39, 0.29) is 0 Å². The molecule has 184 valence electrons. The zero-order valence-corrected chi connectivity index (χ0v) is 22.5. The summed E-state index contributed by atoms with van der Waals surface area (Å²) in [6.45, 7) is 10.6. The molecule has 0 nitrogen and oxygen atoms in total. The minimum atomic E-state index is 0.408. The Morgan fingerprint density at radius 2 is 1.00 bits per heavy atom. The van der Waals surface area contributed by atoms with Gasteiger partial charge in [-0.15, -0.1) is 0 Å². The molecular formula is C36H40. The smallest absolute Gasteiger partial charge is 0.0189 e. The van der Waals surface area contributed by atoms with E-state index in [4.69, 9.17) is 0 Å². The molecule has 0 fully saturated rings. The first-order valence-corrected chi connectivity index (χ1v) is 12.9. The average molecular weight is 473 g/mol. The van der Waals surface area contributed by atoms with Crippen molar-refractivity contribution in [1.29, 1.82) is 0 Å². The van der Waals surface area contributed by atoms with Crippen LogP contribution in [0.3, 0.4) is 0 Å². The fourth-order valence-electron chi connectivity index (χ4n) is 4.66. The van der Waals surface area contributed by atoms with E-state index in [2.05, 4.69) is 162 Å². The summed E-state index contributed by atoms with van der Waals surface area (Å²) >= 11 is 0. The molecule has 0 saturated carbocycles. The molecule has 1 aliphatic carbocycles. The Bertz CT molecular complexity index is 1170. The topological polar surface area (TPSA) is 0 Å². The highest BCUT2D eigenvalue weighted by molar-refractivity contribution is 5.40. The molecule has 0 N–H and O–H groups in total. The zero-order valence-electron chi connectivity index (χ0n) is 22.5. The molecular weight excluding hydrogens is 432 g/mol. The number of hydrogen-bond donors (Lipinski definition) is 0. The molecule has 1 unspecified atom stereocenters. The Labute approximate surface area is 219 Å². The molecule has 36 heavy (non-hydrogen) atoms. The maximum Gasteiger partial charge on any atom is 0.0189 e. The summed E-state index contributed by atoms with van der Waals surface area (Å²) in [6, 6.07) is 36.5. The fourth-order valence-corrected chi connectivity index (χ4v) is 4.66. The first kappa shape index (κ1) is 27.0. The van der Waals surface area contributed by atoms with Gasteiger partial charge in [-0.2, -0.15) is 0 Å². The van der Waals surface area contributed by atoms with Crippen molar-refractivity contribution in [2.24, 2.45) is 5.92 Å². The lowest BCUT2D eigenvalue weighted by Gasteiger charge is -2.26. The number of allylic oxidation sites excluding steroid dienone is 4. The highest BCUT2D eigenvalue weighted by atomic mass is 14.3. The van der Waals surface area contributed by atoms with Gasteiger partial charge in [0.15, 0.2) is 0 Å². The predicted octanol–water partition coefficient (Wildman–Crippen LogP) is 9.87. The van der Waals surface area contributed by atoms with Crippen molar-refractivity contribution in [1.82, 2.24) is 0 Å². The molecule has 4 aromatic rings. The Kier molecular flexibility index (Phi) is 10.5. The number of hydrogen-bond acceptors (Lipinski definition) is 0. The molecule has 0 heteroatoms. The Morgan fingerprint density at radius 1 is 0.528 bits per heavy atom. The van der Waals surface area contributed by atoms with E-state index in [0.717, 1.165) is 6.42 Å². The molecule has 5 rings (SSSR count). The Balaban J connectivity index is 0.000000185. The fraction of sp³-hybridized carbons (Fsp3) is 0.222. The van der Waals surface area contributed by atoms with Gasteiger partial charge in [-0.1, -0.05) is 150 Å². The molecule has 1 aliphatic rings. The van der Waals surface area contributed by atoms with Crippen LogP contribution >= 0.6 is 0 Å². The molecule has 0 saturated heterocycles. The van der Waals surface area contributed by atoms with Crippen LogP contribution < -0.4 is 0 Å². The second kappa shape index (κ2) is 14.0. The highest BCUT2D eigenvalue weighted by Crippen LogP contribution is 2.36. The summed E-state index contributed by atoms with van der Waals surface area (Å²) in [5.41, 5.74) is 9.54. The third-order valence-electron chi connectivity index (χ3n) is 6.40. The maximum atomic E-state index is 2.35. The van der Waals surface area contributed by atoms with E-state index >= 15 is 0 Å². The van der Waals surface area contributed by atoms with Crippen molar-refractivity contribution >= 4 is 0 Å². The molecule has 0 amide bonds. The van der Waals surface area contributed by atoms with E-state index in [1.54, 1.807) is 0 Å². The summed E-state index contributed by atoms with van der Waals surface area (Å²) in [5.74, 6) is 0.859. The standard InChI is InChI=1S/C20H20.2C8H10/c1-16-10-8-9-15-19(16)20(17-11-4-2-5-12-17)18-13-6-3-7-14-18;2*1-7-4-3-5-8(2)6-7/h2,4-15,18,20H,3H2,1H3;2*3-6H,1-2H3. The normalized spacial score (nSPS) is 13.1. The van der Waals surface area contributed by atoms with Crippen molar-refractivity contribution in [2.45, 2.75) is 47.0 Å². The van der Waals surface area contributed by atoms with Gasteiger partial charge in [-0.25, -0.2) is 0 Å². The lowest BCUT2D eigenvalue weighted by molar-refractivity contribution is 0.672. The molecule has 4 aromatic carbocycles. The van der Waals surface area contributed by atoms with Crippen LogP contribution in [0.25, 0.3) is 0 Å². The van der Waals surface area contributed by atoms with E-state index in [1.807, 2.05) is 0 Å². The predicted molar refractivity (Wildman–Crippen MR) is 158 cm³/mol. The lowest BCUT2D eigenvalue weighted by atomic mass is 9.77. The van der Waals surface area contributed by atoms with Gasteiger partial charge in [-0.05, 0) is 57.7 Å². The maximum absolute atomic E-state index is 2.35. The van der Waals surface area contributed by atoms with Crippen molar-refractivity contribution in [3.05, 3.63) is 166 Å². The van der Waals surface area contributed by atoms with Gasteiger partial charge in [-0.3, -0.25) is 0 Å². The van der Waals surface area contributed by atoms with Crippen LogP contribution in [-0.4, -0.2) is 0 Å². The van der Waals surface area contributed by atoms with Crippen molar-refractivity contribution in [2.75, 3.05) is 0 Å². The largest absolute Gasteiger partial charge is 0.0841 e. The van der Waals surface area contributed by atoms with Gasteiger partial charge in [0.05, 0.1) is 0 Å². The summed E-state index contributed by atoms with van der Waals surface area (Å²) < 4.78 is 0. The van der Waals surface area contributed by atoms with Crippen molar-refractivity contribution in [3.63, 3.8) is 0 Å². The van der Waals surface area contributed by atoms with E-state index in [0.29, 0.717) is 11.8 Å². The van der Waals surface area contributed by atoms with Gasteiger partial charge in [0.1, 0.15) is 0 Å². The Morgan fingerprint density at radius 3 is 1.44 bits per heavy atom. The minimum Gasteiger partial charge on any atom is -0.0841 e. The van der Waals surface area contributed by atoms with E-state index in [9.17, 15) is 0 Å². The lowest BCUT2D eigenvalue weighted by Crippen LogP contribution is -2.13. The zero-order chi connectivity index (χ0) is 25.8. The van der Waals surface area contributed by atoms with Crippen LogP contribution in [0, 0.1) is 40.5 Å². The van der Waals surface area contributed by atoms with Gasteiger partial charge < -0.3 is 0 Å². The monoisotopic (exact) mass is 472 g/mol. The molecule has 0 aromatic heterocycles. The summed E-state index contributed by atoms with van der Waals surface area (Å²) in [4.78, 5) is 0. The second-order valence-electron chi connectivity index (χ2n) is 9.73. The van der Waals surface area contributed by atoms with Crippen LogP contribution in [0.1, 0.15) is 51.3 Å². The van der Waals surface area contributed by atoms with Gasteiger partial charge in [0, 0.05) is 11.8 Å². The van der Waals surface area contributed by atoms with Crippen LogP contribution in [0.5, 0.6) is 0 Å². The SMILES string of the molecule is Cc1cccc(C)c1.Cc1cccc(C)c1.Cc1ccccc1C(c1ccccc1)C1C=CCC=C1. The van der Waals surface area contributed by atoms with Crippen LogP contribution in [0.15, 0.2) is 127 Å². The number of aryl methyl sites for hydroxylation is 5. The van der Waals surface area contributed by atoms with Crippen molar-refractivity contribution < 1.29 is 0 Å². The highest BCUT2D eigenvalue weighted by Gasteiger charge is 2.23. The molecule has 0 heterocycles. The second-order valence-corrected chi connectivity index (χ2v) is 9.73. The third-order valence-corrected chi connectivity index (χ3v) is 6.40. The van der Waals surface area contributed by atoms with Crippen LogP contribution in [0.4, 0.5) is 0 Å². The average Bonchev–Trinajstić information content (AvgIpc) is 2.87. The van der Waals surface area contributed by atoms with E-state index < -0.39 is 0 Å². The first-order chi connectivity index (χ1) is 17.4. The first-order valence-electron chi connectivity index (χ1n) is 12.9. The number of rotatable bonds is 3. The molecule has 0 aliphatic heterocycles. The molecule has 0 radical (unpaired) electrons. The van der Waals surface area contributed by atoms with Gasteiger partial charge >= 0.3 is 0 Å². The molecule has 0 bridgehead atoms. The van der Waals surface area contributed by atoms with Crippen molar-refractivity contribution in [3.8, 4) is 0 Å². The van der Waals surface area contributed by atoms with Gasteiger partial charge in [0.25, 0.3) is 0 Å². The van der Waals surface area contributed by atoms with E-state index in [1.165, 1.54) is 38.9 Å². The van der Waals surface area contributed by atoms with Gasteiger partial charge in [0.2, 0.25) is 0 Å². The third kappa shape index (κ3) is 8.54. The quantitative estimate of drug-likeness (QED) is 0.260. The summed E-state index contributed by atoms with van der Waals surface area (Å²) in [5, 5.41) is 0. The van der Waals surface area contributed by atoms with Crippen LogP contribution in [0.2, 0.25) is 0 Å². The summed E-state index contributed by atoms with van der Waals surface area (Å²) in [6.07, 6.45) is 10.3. The minimum absolute atomic E-state index is 0.408. The molecule has 1 atom stereocenters. The molecule has 0 spiro atoms.